The second-order valence-corrected chi connectivity index (χ2v) is 7.74. The van der Waals surface area contributed by atoms with Crippen LogP contribution in [-0.2, 0) is 17.8 Å². The summed E-state index contributed by atoms with van der Waals surface area (Å²) in [7, 11) is 0. The molecule has 1 aromatic heterocycles. The van der Waals surface area contributed by atoms with Crippen LogP contribution in [0.15, 0.2) is 42.0 Å². The highest BCUT2D eigenvalue weighted by Crippen LogP contribution is 2.09. The molecular formula is C20H28N4O3S. The maximum absolute atomic E-state index is 12.1. The zero-order valence-corrected chi connectivity index (χ0v) is 17.1. The number of aromatic nitrogens is 1. The minimum absolute atomic E-state index is 0.0174. The lowest BCUT2D eigenvalue weighted by molar-refractivity contribution is 0.140. The highest BCUT2D eigenvalue weighted by Gasteiger charge is 2.14. The normalized spacial score (nSPS) is 11.7. The summed E-state index contributed by atoms with van der Waals surface area (Å²) in [5.41, 5.74) is 2.86. The molecule has 0 spiro atoms. The highest BCUT2D eigenvalue weighted by molar-refractivity contribution is 7.09. The fourth-order valence-electron chi connectivity index (χ4n) is 2.65. The summed E-state index contributed by atoms with van der Waals surface area (Å²) in [5, 5.41) is 8.63. The molecule has 2 aromatic rings. The molecule has 0 radical (unpaired) electrons. The summed E-state index contributed by atoms with van der Waals surface area (Å²) in [4.78, 5) is 28.7. The first-order valence-electron chi connectivity index (χ1n) is 9.42. The summed E-state index contributed by atoms with van der Waals surface area (Å²) in [6.45, 7) is 4.56. The van der Waals surface area contributed by atoms with Crippen molar-refractivity contribution in [2.24, 2.45) is 0 Å². The fraction of sp³-hybridized carbons (Fsp3) is 0.450. The average Bonchev–Trinajstić information content (AvgIpc) is 3.17. The van der Waals surface area contributed by atoms with Gasteiger partial charge in [0.15, 0.2) is 0 Å². The summed E-state index contributed by atoms with van der Waals surface area (Å²) < 4.78 is 5.14. The van der Waals surface area contributed by atoms with E-state index < -0.39 is 6.09 Å². The monoisotopic (exact) mass is 404 g/mol. The van der Waals surface area contributed by atoms with Crippen molar-refractivity contribution < 1.29 is 14.3 Å². The van der Waals surface area contributed by atoms with Crippen LogP contribution in [0, 0.1) is 0 Å². The molecule has 0 unspecified atom stereocenters. The Kier molecular flexibility index (Phi) is 9.27. The van der Waals surface area contributed by atoms with Crippen molar-refractivity contribution in [2.45, 2.75) is 51.8 Å². The number of urea groups is 1. The van der Waals surface area contributed by atoms with Crippen molar-refractivity contribution >= 4 is 23.5 Å². The standard InChI is InChI=1S/C20H28N4O3S/c1-15(2)23-19(25)24-17(11-16-7-4-3-5-8-16)9-6-10-22-20(26)27-13-18-12-21-14-28-18/h3-5,7-8,12,14-15,17H,6,9-11,13H2,1-2H3,(H,22,26)(H2,23,24,25)/t17-/m1/s1. The maximum Gasteiger partial charge on any atom is 0.407 e. The number of rotatable bonds is 10. The van der Waals surface area contributed by atoms with E-state index in [0.29, 0.717) is 6.54 Å². The Hall–Kier alpha value is -2.61. The Balaban J connectivity index is 1.73. The number of ether oxygens (including phenoxy) is 1. The number of carbonyl (C=O) groups excluding carboxylic acids is 2. The number of amides is 3. The Morgan fingerprint density at radius 3 is 2.64 bits per heavy atom. The van der Waals surface area contributed by atoms with Crippen LogP contribution in [-0.4, -0.2) is 35.7 Å². The number of nitrogens with one attached hydrogen (secondary N) is 3. The van der Waals surface area contributed by atoms with Gasteiger partial charge in [0.25, 0.3) is 0 Å². The van der Waals surface area contributed by atoms with Gasteiger partial charge in [0, 0.05) is 24.8 Å². The van der Waals surface area contributed by atoms with Crippen molar-refractivity contribution in [3.63, 3.8) is 0 Å². The number of nitrogens with zero attached hydrogens (tertiary/aromatic N) is 1. The summed E-state index contributed by atoms with van der Waals surface area (Å²) >= 11 is 1.45. The second kappa shape index (κ2) is 12.0. The van der Waals surface area contributed by atoms with Gasteiger partial charge in [0.05, 0.1) is 10.4 Å². The molecule has 3 N–H and O–H groups in total. The van der Waals surface area contributed by atoms with Gasteiger partial charge in [-0.05, 0) is 38.7 Å². The van der Waals surface area contributed by atoms with Gasteiger partial charge in [-0.15, -0.1) is 11.3 Å². The molecule has 0 saturated heterocycles. The molecule has 1 aromatic carbocycles. The van der Waals surface area contributed by atoms with Gasteiger partial charge in [0.1, 0.15) is 6.61 Å². The Bertz CT molecular complexity index is 708. The van der Waals surface area contributed by atoms with Crippen LogP contribution in [0.4, 0.5) is 9.59 Å². The van der Waals surface area contributed by atoms with Gasteiger partial charge >= 0.3 is 12.1 Å². The number of carbonyl (C=O) groups is 2. The first-order chi connectivity index (χ1) is 13.5. The van der Waals surface area contributed by atoms with Crippen LogP contribution in [0.5, 0.6) is 0 Å². The molecule has 8 heteroatoms. The van der Waals surface area contributed by atoms with Crippen LogP contribution in [0.1, 0.15) is 37.1 Å². The zero-order valence-electron chi connectivity index (χ0n) is 16.3. The lowest BCUT2D eigenvalue weighted by Gasteiger charge is -2.20. The molecule has 152 valence electrons. The summed E-state index contributed by atoms with van der Waals surface area (Å²) in [6, 6.07) is 9.92. The molecule has 1 atom stereocenters. The van der Waals surface area contributed by atoms with Crippen molar-refractivity contribution in [1.82, 2.24) is 20.9 Å². The maximum atomic E-state index is 12.1. The van der Waals surface area contributed by atoms with Crippen LogP contribution in [0.25, 0.3) is 0 Å². The third-order valence-corrected chi connectivity index (χ3v) is 4.66. The molecule has 28 heavy (non-hydrogen) atoms. The lowest BCUT2D eigenvalue weighted by Crippen LogP contribution is -2.45. The number of alkyl carbamates (subject to hydrolysis) is 1. The minimum atomic E-state index is -0.446. The summed E-state index contributed by atoms with van der Waals surface area (Å²) in [6.07, 6.45) is 3.45. The van der Waals surface area contributed by atoms with Crippen LogP contribution >= 0.6 is 11.3 Å². The quantitative estimate of drug-likeness (QED) is 0.529. The van der Waals surface area contributed by atoms with Gasteiger partial charge in [-0.2, -0.15) is 0 Å². The third-order valence-electron chi connectivity index (χ3n) is 3.91. The van der Waals surface area contributed by atoms with E-state index in [0.717, 1.165) is 29.7 Å². The SMILES string of the molecule is CC(C)NC(=O)N[C@H](CCCNC(=O)OCc1cncs1)Cc1ccccc1. The lowest BCUT2D eigenvalue weighted by atomic mass is 10.0. The molecule has 0 bridgehead atoms. The average molecular weight is 405 g/mol. The Labute approximate surface area is 169 Å². The fourth-order valence-corrected chi connectivity index (χ4v) is 3.16. The van der Waals surface area contributed by atoms with Crippen molar-refractivity contribution in [3.05, 3.63) is 52.5 Å². The first-order valence-corrected chi connectivity index (χ1v) is 10.3. The third kappa shape index (κ3) is 8.85. The number of benzene rings is 1. The topological polar surface area (TPSA) is 92.4 Å². The van der Waals surface area contributed by atoms with E-state index in [9.17, 15) is 9.59 Å². The molecule has 2 rings (SSSR count). The van der Waals surface area contributed by atoms with Crippen molar-refractivity contribution in [2.75, 3.05) is 6.54 Å². The largest absolute Gasteiger partial charge is 0.444 e. The van der Waals surface area contributed by atoms with Crippen LogP contribution < -0.4 is 16.0 Å². The van der Waals surface area contributed by atoms with E-state index in [4.69, 9.17) is 4.74 Å². The smallest absolute Gasteiger partial charge is 0.407 e. The van der Waals surface area contributed by atoms with E-state index in [1.54, 1.807) is 11.7 Å². The Morgan fingerprint density at radius 2 is 1.96 bits per heavy atom. The second-order valence-electron chi connectivity index (χ2n) is 6.77. The van der Waals surface area contributed by atoms with Gasteiger partial charge in [-0.25, -0.2) is 9.59 Å². The number of hydrogen-bond donors (Lipinski definition) is 3. The zero-order chi connectivity index (χ0) is 20.2. The van der Waals surface area contributed by atoms with E-state index in [1.807, 2.05) is 44.2 Å². The molecule has 3 amide bonds. The van der Waals surface area contributed by atoms with Crippen molar-refractivity contribution in [1.29, 1.82) is 0 Å². The van der Waals surface area contributed by atoms with Gasteiger partial charge in [0.2, 0.25) is 0 Å². The number of hydrogen-bond acceptors (Lipinski definition) is 5. The summed E-state index contributed by atoms with van der Waals surface area (Å²) in [5.74, 6) is 0. The van der Waals surface area contributed by atoms with Gasteiger partial charge in [-0.3, -0.25) is 4.98 Å². The number of thiazole rings is 1. The molecule has 0 aliphatic carbocycles. The van der Waals surface area contributed by atoms with Gasteiger partial charge < -0.3 is 20.7 Å². The minimum Gasteiger partial charge on any atom is -0.444 e. The molecule has 0 aliphatic rings. The predicted molar refractivity (Wildman–Crippen MR) is 110 cm³/mol. The van der Waals surface area contributed by atoms with E-state index >= 15 is 0 Å². The molecule has 0 aliphatic heterocycles. The molecular weight excluding hydrogens is 376 g/mol. The Morgan fingerprint density at radius 1 is 1.18 bits per heavy atom. The van der Waals surface area contributed by atoms with Crippen LogP contribution in [0.3, 0.4) is 0 Å². The van der Waals surface area contributed by atoms with Crippen LogP contribution in [0.2, 0.25) is 0 Å². The molecule has 0 fully saturated rings. The first kappa shape index (κ1) is 21.7. The highest BCUT2D eigenvalue weighted by atomic mass is 32.1. The van der Waals surface area contributed by atoms with E-state index in [2.05, 4.69) is 20.9 Å². The molecule has 0 saturated carbocycles. The van der Waals surface area contributed by atoms with Crippen molar-refractivity contribution in [3.8, 4) is 0 Å². The van der Waals surface area contributed by atoms with E-state index in [1.165, 1.54) is 11.3 Å². The van der Waals surface area contributed by atoms with Gasteiger partial charge in [-0.1, -0.05) is 30.3 Å². The van der Waals surface area contributed by atoms with E-state index in [-0.39, 0.29) is 24.7 Å². The molecule has 1 heterocycles. The molecule has 7 nitrogen and oxygen atoms in total. The predicted octanol–water partition coefficient (Wildman–Crippen LogP) is 3.47.